The minimum absolute atomic E-state index is 0.0000499. The summed E-state index contributed by atoms with van der Waals surface area (Å²) in [5.41, 5.74) is 0. The van der Waals surface area contributed by atoms with Gasteiger partial charge in [0.25, 0.3) is 8.32 Å². The predicted octanol–water partition coefficient (Wildman–Crippen LogP) is 3.35. The largest absolute Gasteiger partial charge is 0.404 e. The molecule has 2 unspecified atom stereocenters. The highest BCUT2D eigenvalue weighted by molar-refractivity contribution is 6.99. The van der Waals surface area contributed by atoms with Crippen molar-refractivity contribution >= 4 is 18.7 Å². The standard InChI is InChI=1S/C24H32O3Si/c1-17-22(25)21-15-18(16-26-21)23(17)27-28(24(2,3)4,19-11-7-5-8-12-19)20-13-9-6-10-14-20/h5-14,17-18,21-23,25H,15-16H2,1-4H3/t17?,18?,21-,22+,23+/m1/s1. The molecule has 0 aromatic heterocycles. The van der Waals surface area contributed by atoms with Crippen molar-refractivity contribution in [2.75, 3.05) is 6.61 Å². The molecule has 2 aromatic rings. The highest BCUT2D eigenvalue weighted by Crippen LogP contribution is 2.44. The van der Waals surface area contributed by atoms with Crippen molar-refractivity contribution in [2.24, 2.45) is 11.8 Å². The number of hydrogen-bond donors (Lipinski definition) is 1. The number of benzene rings is 2. The molecule has 4 heteroatoms. The molecule has 1 aliphatic carbocycles. The second-order valence-corrected chi connectivity index (χ2v) is 13.7. The Labute approximate surface area is 169 Å². The zero-order valence-electron chi connectivity index (χ0n) is 17.3. The Morgan fingerprint density at radius 1 is 0.964 bits per heavy atom. The summed E-state index contributed by atoms with van der Waals surface area (Å²) < 4.78 is 13.2. The van der Waals surface area contributed by atoms with Crippen molar-refractivity contribution in [1.82, 2.24) is 0 Å². The second kappa shape index (κ2) is 7.41. The Morgan fingerprint density at radius 2 is 1.50 bits per heavy atom. The van der Waals surface area contributed by atoms with Gasteiger partial charge >= 0.3 is 0 Å². The van der Waals surface area contributed by atoms with Crippen LogP contribution in [-0.2, 0) is 9.16 Å². The number of aliphatic hydroxyl groups is 1. The van der Waals surface area contributed by atoms with Crippen LogP contribution in [0.1, 0.15) is 34.1 Å². The Hall–Kier alpha value is -1.46. The highest BCUT2D eigenvalue weighted by Gasteiger charge is 2.56. The van der Waals surface area contributed by atoms with Crippen LogP contribution < -0.4 is 10.4 Å². The molecule has 2 aliphatic rings. The third-order valence-electron chi connectivity index (χ3n) is 6.69. The van der Waals surface area contributed by atoms with E-state index in [0.717, 1.165) is 6.42 Å². The van der Waals surface area contributed by atoms with E-state index in [9.17, 15) is 5.11 Å². The number of hydrogen-bond acceptors (Lipinski definition) is 3. The Morgan fingerprint density at radius 3 is 2.00 bits per heavy atom. The summed E-state index contributed by atoms with van der Waals surface area (Å²) in [6, 6.07) is 21.5. The van der Waals surface area contributed by atoms with Gasteiger partial charge < -0.3 is 14.3 Å². The van der Waals surface area contributed by atoms with Gasteiger partial charge in [-0.2, -0.15) is 0 Å². The SMILES string of the molecule is CC1[C@H](O[Si](c2ccccc2)(c2ccccc2)C(C)(C)C)C2CO[C@H](C2)[C@H]1O. The van der Waals surface area contributed by atoms with Gasteiger partial charge in [0.05, 0.1) is 24.9 Å². The van der Waals surface area contributed by atoms with Gasteiger partial charge in [0.15, 0.2) is 0 Å². The van der Waals surface area contributed by atoms with Crippen LogP contribution >= 0.6 is 0 Å². The van der Waals surface area contributed by atoms with Gasteiger partial charge in [-0.1, -0.05) is 88.4 Å². The van der Waals surface area contributed by atoms with Gasteiger partial charge in [-0.3, -0.25) is 0 Å². The zero-order valence-corrected chi connectivity index (χ0v) is 18.3. The summed E-state index contributed by atoms with van der Waals surface area (Å²) in [7, 11) is -2.61. The molecule has 1 heterocycles. The average molecular weight is 397 g/mol. The van der Waals surface area contributed by atoms with E-state index < -0.39 is 14.4 Å². The lowest BCUT2D eigenvalue weighted by atomic mass is 9.78. The molecule has 5 atom stereocenters. The van der Waals surface area contributed by atoms with E-state index in [0.29, 0.717) is 12.5 Å². The van der Waals surface area contributed by atoms with Crippen molar-refractivity contribution in [3.63, 3.8) is 0 Å². The van der Waals surface area contributed by atoms with E-state index in [1.54, 1.807) is 0 Å². The summed E-state index contributed by atoms with van der Waals surface area (Å²) in [4.78, 5) is 0. The van der Waals surface area contributed by atoms with Crippen LogP contribution in [0.25, 0.3) is 0 Å². The van der Waals surface area contributed by atoms with E-state index in [1.807, 2.05) is 0 Å². The highest BCUT2D eigenvalue weighted by atomic mass is 28.4. The summed E-state index contributed by atoms with van der Waals surface area (Å²) >= 11 is 0. The van der Waals surface area contributed by atoms with Crippen molar-refractivity contribution in [3.8, 4) is 0 Å². The van der Waals surface area contributed by atoms with Crippen LogP contribution in [0.5, 0.6) is 0 Å². The number of ether oxygens (including phenoxy) is 1. The van der Waals surface area contributed by atoms with Gasteiger partial charge in [-0.15, -0.1) is 0 Å². The number of fused-ring (bicyclic) bond motifs is 2. The van der Waals surface area contributed by atoms with Crippen molar-refractivity contribution in [1.29, 1.82) is 0 Å². The monoisotopic (exact) mass is 396 g/mol. The zero-order chi connectivity index (χ0) is 19.9. The third-order valence-corrected chi connectivity index (χ3v) is 11.7. The number of aliphatic hydroxyl groups excluding tert-OH is 1. The lowest BCUT2D eigenvalue weighted by molar-refractivity contribution is -0.0623. The molecule has 2 aromatic carbocycles. The first-order valence-corrected chi connectivity index (χ1v) is 12.3. The first kappa shape index (κ1) is 19.8. The van der Waals surface area contributed by atoms with E-state index in [1.165, 1.54) is 10.4 Å². The van der Waals surface area contributed by atoms with Crippen LogP contribution in [0.3, 0.4) is 0 Å². The van der Waals surface area contributed by atoms with Gasteiger partial charge in [0.1, 0.15) is 0 Å². The molecule has 3 nitrogen and oxygen atoms in total. The van der Waals surface area contributed by atoms with E-state index in [2.05, 4.69) is 88.4 Å². The average Bonchev–Trinajstić information content (AvgIpc) is 3.14. The molecule has 4 rings (SSSR count). The Kier molecular flexibility index (Phi) is 5.25. The maximum Gasteiger partial charge on any atom is 0.261 e. The first-order chi connectivity index (χ1) is 13.3. The molecule has 0 spiro atoms. The molecular weight excluding hydrogens is 364 g/mol. The summed E-state index contributed by atoms with van der Waals surface area (Å²) in [6.07, 6.45) is 0.412. The molecule has 150 valence electrons. The number of rotatable bonds is 4. The van der Waals surface area contributed by atoms with Gasteiger partial charge in [0, 0.05) is 11.8 Å². The lowest BCUT2D eigenvalue weighted by Gasteiger charge is -2.48. The fourth-order valence-corrected chi connectivity index (χ4v) is 10.0. The van der Waals surface area contributed by atoms with Crippen LogP contribution in [0, 0.1) is 11.8 Å². The molecule has 2 fully saturated rings. The molecule has 2 bridgehead atoms. The van der Waals surface area contributed by atoms with Crippen molar-refractivity contribution < 1.29 is 14.3 Å². The van der Waals surface area contributed by atoms with Crippen molar-refractivity contribution in [2.45, 2.75) is 57.5 Å². The summed E-state index contributed by atoms with van der Waals surface area (Å²) in [6.45, 7) is 9.72. The molecule has 1 saturated carbocycles. The predicted molar refractivity (Wildman–Crippen MR) is 116 cm³/mol. The molecule has 1 aliphatic heterocycles. The maximum atomic E-state index is 10.8. The van der Waals surface area contributed by atoms with Crippen LogP contribution in [0.15, 0.2) is 60.7 Å². The molecular formula is C24H32O3Si. The van der Waals surface area contributed by atoms with E-state index >= 15 is 0 Å². The fourth-order valence-electron chi connectivity index (χ4n) is 5.21. The normalized spacial score (nSPS) is 30.4. The summed E-state index contributed by atoms with van der Waals surface area (Å²) in [5.74, 6) is 0.415. The Bertz CT molecular complexity index is 747. The minimum Gasteiger partial charge on any atom is -0.404 e. The quantitative estimate of drug-likeness (QED) is 0.806. The maximum absolute atomic E-state index is 10.8. The summed E-state index contributed by atoms with van der Waals surface area (Å²) in [5, 5.41) is 13.3. The van der Waals surface area contributed by atoms with E-state index in [4.69, 9.17) is 9.16 Å². The topological polar surface area (TPSA) is 38.7 Å². The van der Waals surface area contributed by atoms with Crippen molar-refractivity contribution in [3.05, 3.63) is 60.7 Å². The molecule has 1 N–H and O–H groups in total. The van der Waals surface area contributed by atoms with E-state index in [-0.39, 0.29) is 23.2 Å². The second-order valence-electron chi connectivity index (χ2n) is 9.46. The third kappa shape index (κ3) is 3.16. The lowest BCUT2D eigenvalue weighted by Crippen LogP contribution is -2.69. The Balaban J connectivity index is 1.86. The van der Waals surface area contributed by atoms with Crippen LogP contribution in [0.4, 0.5) is 0 Å². The minimum atomic E-state index is -2.61. The molecule has 1 saturated heterocycles. The molecule has 0 amide bonds. The smallest absolute Gasteiger partial charge is 0.261 e. The van der Waals surface area contributed by atoms with Crippen LogP contribution in [0.2, 0.25) is 5.04 Å². The molecule has 28 heavy (non-hydrogen) atoms. The van der Waals surface area contributed by atoms with Gasteiger partial charge in [-0.25, -0.2) is 0 Å². The van der Waals surface area contributed by atoms with Gasteiger partial charge in [-0.05, 0) is 21.8 Å². The van der Waals surface area contributed by atoms with Gasteiger partial charge in [0.2, 0.25) is 0 Å². The molecule has 0 radical (unpaired) electrons. The van der Waals surface area contributed by atoms with Crippen LogP contribution in [-0.4, -0.2) is 38.3 Å². The fraction of sp³-hybridized carbons (Fsp3) is 0.500. The first-order valence-electron chi connectivity index (χ1n) is 10.4.